The van der Waals surface area contributed by atoms with Crippen molar-refractivity contribution < 1.29 is 23.9 Å². The first kappa shape index (κ1) is 18.1. The van der Waals surface area contributed by atoms with E-state index >= 15 is 0 Å². The van der Waals surface area contributed by atoms with Gasteiger partial charge in [0.2, 0.25) is 0 Å². The molecule has 0 aliphatic rings. The summed E-state index contributed by atoms with van der Waals surface area (Å²) < 4.78 is 10.4. The van der Waals surface area contributed by atoms with E-state index in [0.29, 0.717) is 5.69 Å². The minimum Gasteiger partial charge on any atom is -0.463 e. The normalized spacial score (nSPS) is 10.3. The number of esters is 2. The molecule has 1 aromatic rings. The Labute approximate surface area is 142 Å². The molecular weight excluding hydrogens is 401 g/mol. The maximum absolute atomic E-state index is 11.7. The second-order valence-electron chi connectivity index (χ2n) is 4.20. The molecule has 1 amide bonds. The van der Waals surface area contributed by atoms with Crippen LogP contribution in [-0.4, -0.2) is 31.1 Å². The maximum Gasteiger partial charge on any atom is 0.331 e. The van der Waals surface area contributed by atoms with Gasteiger partial charge in [-0.15, -0.1) is 0 Å². The van der Waals surface area contributed by atoms with Gasteiger partial charge in [0.05, 0.1) is 6.61 Å². The quantitative estimate of drug-likeness (QED) is 0.436. The molecule has 0 fully saturated rings. The monoisotopic (exact) mass is 417 g/mol. The van der Waals surface area contributed by atoms with Crippen molar-refractivity contribution in [3.63, 3.8) is 0 Å². The molecule has 0 bridgehead atoms. The van der Waals surface area contributed by atoms with Crippen LogP contribution in [0.5, 0.6) is 0 Å². The van der Waals surface area contributed by atoms with Gasteiger partial charge < -0.3 is 14.8 Å². The van der Waals surface area contributed by atoms with Crippen LogP contribution < -0.4 is 5.32 Å². The minimum absolute atomic E-state index is 0.218. The van der Waals surface area contributed by atoms with Gasteiger partial charge in [0.1, 0.15) is 0 Å². The van der Waals surface area contributed by atoms with Crippen LogP contribution in [0.2, 0.25) is 0 Å². The zero-order valence-electron chi connectivity index (χ0n) is 12.2. The lowest BCUT2D eigenvalue weighted by molar-refractivity contribution is -0.143. The molecule has 1 aromatic carbocycles. The predicted octanol–water partition coefficient (Wildman–Crippen LogP) is 2.20. The summed E-state index contributed by atoms with van der Waals surface area (Å²) in [4.78, 5) is 34.0. The Hall–Kier alpha value is -1.90. The third kappa shape index (κ3) is 6.70. The molecule has 6 nitrogen and oxygen atoms in total. The number of benzene rings is 1. The van der Waals surface area contributed by atoms with E-state index in [1.54, 1.807) is 13.0 Å². The van der Waals surface area contributed by atoms with Crippen molar-refractivity contribution in [1.29, 1.82) is 0 Å². The summed E-state index contributed by atoms with van der Waals surface area (Å²) in [5.41, 5.74) is 1.57. The number of ether oxygens (including phenoxy) is 2. The van der Waals surface area contributed by atoms with Crippen LogP contribution in [-0.2, 0) is 23.9 Å². The SMILES string of the molecule is CCOC(=O)/C=C/C(=O)OCC(=O)Nc1ccc(I)cc1C. The van der Waals surface area contributed by atoms with E-state index in [2.05, 4.69) is 32.6 Å². The lowest BCUT2D eigenvalue weighted by Gasteiger charge is -2.08. The van der Waals surface area contributed by atoms with Gasteiger partial charge in [-0.2, -0.15) is 0 Å². The lowest BCUT2D eigenvalue weighted by Crippen LogP contribution is -2.20. The van der Waals surface area contributed by atoms with Crippen molar-refractivity contribution in [3.8, 4) is 0 Å². The van der Waals surface area contributed by atoms with Gasteiger partial charge in [-0.1, -0.05) is 0 Å². The fraction of sp³-hybridized carbons (Fsp3) is 0.267. The van der Waals surface area contributed by atoms with Gasteiger partial charge in [0.25, 0.3) is 5.91 Å². The summed E-state index contributed by atoms with van der Waals surface area (Å²) in [6, 6.07) is 5.55. The van der Waals surface area contributed by atoms with Crippen LogP contribution >= 0.6 is 22.6 Å². The van der Waals surface area contributed by atoms with Crippen LogP contribution in [0.15, 0.2) is 30.4 Å². The van der Waals surface area contributed by atoms with Crippen LogP contribution in [0.1, 0.15) is 12.5 Å². The first-order chi connectivity index (χ1) is 10.4. The fourth-order valence-corrected chi connectivity index (χ4v) is 2.11. The maximum atomic E-state index is 11.7. The third-order valence-corrected chi connectivity index (χ3v) is 3.12. The summed E-state index contributed by atoms with van der Waals surface area (Å²) in [5, 5.41) is 2.64. The number of amides is 1. The van der Waals surface area contributed by atoms with Gasteiger partial charge in [-0.3, -0.25) is 4.79 Å². The Morgan fingerprint density at radius 3 is 2.41 bits per heavy atom. The van der Waals surface area contributed by atoms with E-state index in [-0.39, 0.29) is 6.61 Å². The van der Waals surface area contributed by atoms with E-state index in [1.165, 1.54) is 0 Å². The topological polar surface area (TPSA) is 81.7 Å². The van der Waals surface area contributed by atoms with Crippen LogP contribution in [0.3, 0.4) is 0 Å². The molecule has 0 saturated heterocycles. The number of carbonyl (C=O) groups excluding carboxylic acids is 3. The molecule has 1 rings (SSSR count). The zero-order valence-corrected chi connectivity index (χ0v) is 14.4. The number of hydrogen-bond acceptors (Lipinski definition) is 5. The van der Waals surface area contributed by atoms with E-state index in [1.807, 2.05) is 19.1 Å². The molecule has 0 aromatic heterocycles. The number of carbonyl (C=O) groups is 3. The standard InChI is InChI=1S/C15H16INO5/c1-3-21-14(19)6-7-15(20)22-9-13(18)17-12-5-4-11(16)8-10(12)2/h4-8H,3,9H2,1-2H3,(H,17,18)/b7-6+. The molecule has 0 spiro atoms. The highest BCUT2D eigenvalue weighted by Crippen LogP contribution is 2.17. The van der Waals surface area contributed by atoms with Gasteiger partial charge >= 0.3 is 11.9 Å². The second kappa shape index (κ2) is 9.19. The fourth-order valence-electron chi connectivity index (χ4n) is 1.46. The van der Waals surface area contributed by atoms with Crippen molar-refractivity contribution in [2.75, 3.05) is 18.5 Å². The summed E-state index contributed by atoms with van der Waals surface area (Å²) in [6.07, 6.45) is 1.87. The summed E-state index contributed by atoms with van der Waals surface area (Å²) in [7, 11) is 0. The van der Waals surface area contributed by atoms with Gasteiger partial charge in [0.15, 0.2) is 6.61 Å². The first-order valence-corrected chi connectivity index (χ1v) is 7.58. The predicted molar refractivity (Wildman–Crippen MR) is 89.3 cm³/mol. The number of halogens is 1. The molecule has 22 heavy (non-hydrogen) atoms. The lowest BCUT2D eigenvalue weighted by atomic mass is 10.2. The second-order valence-corrected chi connectivity index (χ2v) is 5.45. The molecule has 7 heteroatoms. The van der Waals surface area contributed by atoms with Gasteiger partial charge in [-0.05, 0) is 60.2 Å². The Morgan fingerprint density at radius 1 is 1.18 bits per heavy atom. The smallest absolute Gasteiger partial charge is 0.331 e. The van der Waals surface area contributed by atoms with E-state index in [0.717, 1.165) is 21.3 Å². The average molecular weight is 417 g/mol. The number of nitrogens with one attached hydrogen (secondary N) is 1. The molecule has 0 aliphatic carbocycles. The van der Waals surface area contributed by atoms with Crippen molar-refractivity contribution in [3.05, 3.63) is 39.5 Å². The third-order valence-electron chi connectivity index (χ3n) is 2.45. The minimum atomic E-state index is -0.789. The largest absolute Gasteiger partial charge is 0.463 e. The van der Waals surface area contributed by atoms with Crippen molar-refractivity contribution >= 4 is 46.1 Å². The van der Waals surface area contributed by atoms with E-state index < -0.39 is 24.5 Å². The Bertz CT molecular complexity index is 598. The van der Waals surface area contributed by atoms with Crippen molar-refractivity contribution in [1.82, 2.24) is 0 Å². The van der Waals surface area contributed by atoms with Crippen LogP contribution in [0.4, 0.5) is 5.69 Å². The summed E-state index contributed by atoms with van der Waals surface area (Å²) in [5.74, 6) is -1.89. The number of hydrogen-bond donors (Lipinski definition) is 1. The number of aryl methyl sites for hydroxylation is 1. The molecule has 0 atom stereocenters. The molecule has 0 radical (unpaired) electrons. The van der Waals surface area contributed by atoms with E-state index in [9.17, 15) is 14.4 Å². The summed E-state index contributed by atoms with van der Waals surface area (Å²) in [6.45, 7) is 3.31. The van der Waals surface area contributed by atoms with Gasteiger partial charge in [0, 0.05) is 21.4 Å². The zero-order chi connectivity index (χ0) is 16.5. The number of anilines is 1. The highest BCUT2D eigenvalue weighted by Gasteiger charge is 2.08. The number of rotatable bonds is 6. The van der Waals surface area contributed by atoms with Crippen LogP contribution in [0.25, 0.3) is 0 Å². The Kier molecular flexibility index (Phi) is 7.58. The van der Waals surface area contributed by atoms with E-state index in [4.69, 9.17) is 4.74 Å². The van der Waals surface area contributed by atoms with Crippen molar-refractivity contribution in [2.45, 2.75) is 13.8 Å². The molecule has 1 N–H and O–H groups in total. The highest BCUT2D eigenvalue weighted by molar-refractivity contribution is 14.1. The molecule has 118 valence electrons. The van der Waals surface area contributed by atoms with Gasteiger partial charge in [-0.25, -0.2) is 9.59 Å². The highest BCUT2D eigenvalue weighted by atomic mass is 127. The summed E-state index contributed by atoms with van der Waals surface area (Å²) >= 11 is 2.17. The molecular formula is C15H16INO5. The molecule has 0 saturated carbocycles. The van der Waals surface area contributed by atoms with Crippen molar-refractivity contribution in [2.24, 2.45) is 0 Å². The molecule has 0 aliphatic heterocycles. The molecule has 0 heterocycles. The average Bonchev–Trinajstić information content (AvgIpc) is 2.46. The Morgan fingerprint density at radius 2 is 1.82 bits per heavy atom. The Balaban J connectivity index is 2.42. The molecule has 0 unspecified atom stereocenters. The van der Waals surface area contributed by atoms with Crippen LogP contribution in [0, 0.1) is 10.5 Å². The first-order valence-electron chi connectivity index (χ1n) is 6.50.